The van der Waals surface area contributed by atoms with Gasteiger partial charge in [0.2, 0.25) is 0 Å². The summed E-state index contributed by atoms with van der Waals surface area (Å²) in [6.45, 7) is 13.6. The van der Waals surface area contributed by atoms with Crippen molar-refractivity contribution >= 4 is 35.0 Å². The van der Waals surface area contributed by atoms with Crippen molar-refractivity contribution in [2.24, 2.45) is 10.9 Å². The molecule has 1 unspecified atom stereocenters. The van der Waals surface area contributed by atoms with Crippen LogP contribution < -0.4 is 10.2 Å². The van der Waals surface area contributed by atoms with E-state index in [1.807, 2.05) is 37.8 Å². The molecule has 3 heterocycles. The second-order valence-electron chi connectivity index (χ2n) is 11.6. The first kappa shape index (κ1) is 30.5. The van der Waals surface area contributed by atoms with Crippen LogP contribution in [0.2, 0.25) is 0 Å². The van der Waals surface area contributed by atoms with Crippen molar-refractivity contribution in [3.63, 3.8) is 0 Å². The molecule has 2 fully saturated rings. The molecule has 0 aromatic heterocycles. The minimum atomic E-state index is -0.425. The quantitative estimate of drug-likeness (QED) is 0.417. The first-order valence-corrected chi connectivity index (χ1v) is 16.4. The second kappa shape index (κ2) is 14.0. The predicted molar refractivity (Wildman–Crippen MR) is 174 cm³/mol. The third kappa shape index (κ3) is 7.16. The number of allylic oxidation sites excluding steroid dienone is 1. The molecular weight excluding hydrogens is 544 g/mol. The molecule has 3 aliphatic heterocycles. The first-order chi connectivity index (χ1) is 20.3. The molecule has 5 rings (SSSR count). The summed E-state index contributed by atoms with van der Waals surface area (Å²) in [5.41, 5.74) is 7.82. The number of carbonyl (C=O) groups is 2. The number of amides is 2. The van der Waals surface area contributed by atoms with Gasteiger partial charge in [0, 0.05) is 55.7 Å². The Morgan fingerprint density at radius 2 is 1.79 bits per heavy atom. The van der Waals surface area contributed by atoms with Crippen LogP contribution in [0, 0.1) is 12.8 Å². The number of benzene rings is 2. The van der Waals surface area contributed by atoms with E-state index in [2.05, 4.69) is 64.3 Å². The number of thioether (sulfide) groups is 1. The molecule has 0 bridgehead atoms. The van der Waals surface area contributed by atoms with Crippen LogP contribution >= 0.6 is 11.8 Å². The molecule has 7 nitrogen and oxygen atoms in total. The van der Waals surface area contributed by atoms with E-state index in [-0.39, 0.29) is 18.4 Å². The molecule has 2 aromatic carbocycles. The first-order valence-electron chi connectivity index (χ1n) is 15.3. The maximum Gasteiger partial charge on any atom is 0.254 e. The van der Waals surface area contributed by atoms with E-state index < -0.39 is 5.92 Å². The number of aliphatic imine (C=N–C) groups is 1. The van der Waals surface area contributed by atoms with Gasteiger partial charge in [0.25, 0.3) is 11.8 Å². The zero-order valence-corrected chi connectivity index (χ0v) is 26.3. The van der Waals surface area contributed by atoms with Crippen LogP contribution in [0.15, 0.2) is 53.0 Å². The maximum atomic E-state index is 13.8. The summed E-state index contributed by atoms with van der Waals surface area (Å²) in [4.78, 5) is 35.4. The lowest BCUT2D eigenvalue weighted by Gasteiger charge is -2.37. The molecular formula is C34H44N4O3S. The average molecular weight is 589 g/mol. The Bertz CT molecular complexity index is 1340. The third-order valence-corrected chi connectivity index (χ3v) is 9.79. The van der Waals surface area contributed by atoms with Gasteiger partial charge in [-0.3, -0.25) is 14.5 Å². The fourth-order valence-electron chi connectivity index (χ4n) is 6.29. The van der Waals surface area contributed by atoms with Gasteiger partial charge in [-0.1, -0.05) is 29.8 Å². The van der Waals surface area contributed by atoms with E-state index in [9.17, 15) is 9.59 Å². The van der Waals surface area contributed by atoms with E-state index in [0.29, 0.717) is 17.3 Å². The summed E-state index contributed by atoms with van der Waals surface area (Å²) in [6.07, 6.45) is 4.22. The lowest BCUT2D eigenvalue weighted by atomic mass is 9.94. The van der Waals surface area contributed by atoms with E-state index in [4.69, 9.17) is 4.74 Å². The number of rotatable bonds is 9. The number of morpholine rings is 1. The molecule has 0 spiro atoms. The molecule has 2 amide bonds. The Labute approximate surface area is 254 Å². The van der Waals surface area contributed by atoms with E-state index in [1.54, 1.807) is 0 Å². The van der Waals surface area contributed by atoms with Crippen molar-refractivity contribution in [3.8, 4) is 11.1 Å². The predicted octanol–water partition coefficient (Wildman–Crippen LogP) is 5.51. The smallest absolute Gasteiger partial charge is 0.254 e. The molecule has 2 saturated heterocycles. The number of anilines is 1. The fourth-order valence-corrected chi connectivity index (χ4v) is 7.37. The molecule has 224 valence electrons. The largest absolute Gasteiger partial charge is 0.379 e. The average Bonchev–Trinajstić information content (AvgIpc) is 2.99. The molecule has 0 aliphatic carbocycles. The van der Waals surface area contributed by atoms with Crippen molar-refractivity contribution in [3.05, 3.63) is 64.7 Å². The van der Waals surface area contributed by atoms with Gasteiger partial charge in [-0.2, -0.15) is 11.8 Å². The van der Waals surface area contributed by atoms with E-state index in [0.717, 1.165) is 80.2 Å². The van der Waals surface area contributed by atoms with E-state index in [1.165, 1.54) is 17.1 Å². The zero-order valence-electron chi connectivity index (χ0n) is 25.4. The third-order valence-electron chi connectivity index (χ3n) is 8.74. The fraction of sp³-hybridized carbons (Fsp3) is 0.500. The highest BCUT2D eigenvalue weighted by molar-refractivity contribution is 7.99. The van der Waals surface area contributed by atoms with Crippen molar-refractivity contribution < 1.29 is 14.3 Å². The van der Waals surface area contributed by atoms with Gasteiger partial charge >= 0.3 is 0 Å². The topological polar surface area (TPSA) is 74.2 Å². The maximum absolute atomic E-state index is 13.8. The zero-order chi connectivity index (χ0) is 29.6. The van der Waals surface area contributed by atoms with Crippen LogP contribution in [-0.4, -0.2) is 79.4 Å². The van der Waals surface area contributed by atoms with Crippen molar-refractivity contribution in [2.45, 2.75) is 53.1 Å². The summed E-state index contributed by atoms with van der Waals surface area (Å²) in [5.74, 6) is 1.57. The number of ether oxygens (including phenoxy) is 1. The van der Waals surface area contributed by atoms with Gasteiger partial charge in [-0.05, 0) is 92.5 Å². The van der Waals surface area contributed by atoms with Crippen LogP contribution in [0.1, 0.15) is 55.1 Å². The summed E-state index contributed by atoms with van der Waals surface area (Å²) >= 11 is 2.03. The molecule has 1 N–H and O–H groups in total. The Hall–Kier alpha value is -2.94. The van der Waals surface area contributed by atoms with Crippen LogP contribution in [0.3, 0.4) is 0 Å². The highest BCUT2D eigenvalue weighted by Gasteiger charge is 2.27. The Kier molecular flexibility index (Phi) is 10.2. The molecule has 8 heteroatoms. The second-order valence-corrected chi connectivity index (χ2v) is 12.9. The van der Waals surface area contributed by atoms with Crippen LogP contribution in [0.5, 0.6) is 0 Å². The molecule has 0 saturated carbocycles. The summed E-state index contributed by atoms with van der Waals surface area (Å²) in [5, 5.41) is 3.07. The number of hydrogen-bond donors (Lipinski definition) is 1. The van der Waals surface area contributed by atoms with Gasteiger partial charge in [0.1, 0.15) is 0 Å². The molecule has 1 atom stereocenters. The van der Waals surface area contributed by atoms with Gasteiger partial charge < -0.3 is 15.0 Å². The minimum Gasteiger partial charge on any atom is -0.379 e. The Morgan fingerprint density at radius 1 is 1.07 bits per heavy atom. The minimum absolute atomic E-state index is 0.151. The number of hydrogen-bond acceptors (Lipinski definition) is 6. The SMILES string of the molecule is CCN(c1cc(-c2ccc(CN3CCOCC3)cc2)cc(C(=O)NCC2C(=O)N=C(C)C=C2C)c1C)C1CCSCC1. The van der Waals surface area contributed by atoms with Crippen molar-refractivity contribution in [2.75, 3.05) is 55.8 Å². The molecule has 3 aliphatic rings. The summed E-state index contributed by atoms with van der Waals surface area (Å²) < 4.78 is 5.50. The van der Waals surface area contributed by atoms with Crippen LogP contribution in [0.4, 0.5) is 5.69 Å². The standard InChI is InChI=1S/C34H44N4O3S/c1-5-38(29-10-16-42-17-11-29)32-20-28(27-8-6-26(7-9-27)22-37-12-14-41-15-13-37)19-30(25(32)4)33(39)35-21-31-23(2)18-24(3)36-34(31)40/h6-9,18-20,29,31H,5,10-17,21-22H2,1-4H3,(H,35,39). The Balaban J connectivity index is 1.44. The number of dihydropyridines is 1. The van der Waals surface area contributed by atoms with E-state index >= 15 is 0 Å². The highest BCUT2D eigenvalue weighted by Crippen LogP contribution is 2.35. The summed E-state index contributed by atoms with van der Waals surface area (Å²) in [6, 6.07) is 13.5. The van der Waals surface area contributed by atoms with Gasteiger partial charge in [-0.25, -0.2) is 4.99 Å². The lowest BCUT2D eigenvalue weighted by molar-refractivity contribution is -0.120. The normalized spacial score (nSPS) is 20.2. The van der Waals surface area contributed by atoms with Crippen LogP contribution in [0.25, 0.3) is 11.1 Å². The highest BCUT2D eigenvalue weighted by atomic mass is 32.2. The number of carbonyl (C=O) groups excluding carboxylic acids is 2. The molecule has 0 radical (unpaired) electrons. The number of nitrogens with one attached hydrogen (secondary N) is 1. The van der Waals surface area contributed by atoms with Crippen molar-refractivity contribution in [1.82, 2.24) is 10.2 Å². The van der Waals surface area contributed by atoms with Gasteiger partial charge in [0.15, 0.2) is 0 Å². The van der Waals surface area contributed by atoms with Gasteiger partial charge in [-0.15, -0.1) is 0 Å². The lowest BCUT2D eigenvalue weighted by Crippen LogP contribution is -2.39. The molecule has 42 heavy (non-hydrogen) atoms. The van der Waals surface area contributed by atoms with Gasteiger partial charge in [0.05, 0.1) is 19.1 Å². The summed E-state index contributed by atoms with van der Waals surface area (Å²) in [7, 11) is 0. The molecule has 2 aromatic rings. The van der Waals surface area contributed by atoms with Crippen molar-refractivity contribution in [1.29, 1.82) is 0 Å². The monoisotopic (exact) mass is 588 g/mol. The number of nitrogens with zero attached hydrogens (tertiary/aromatic N) is 3. The van der Waals surface area contributed by atoms with Crippen LogP contribution in [-0.2, 0) is 16.1 Å². The Morgan fingerprint density at radius 3 is 2.45 bits per heavy atom.